The molecule has 0 fully saturated rings. The van der Waals surface area contributed by atoms with Crippen LogP contribution in [0.5, 0.6) is 0 Å². The van der Waals surface area contributed by atoms with Crippen molar-refractivity contribution in [3.63, 3.8) is 0 Å². The fourth-order valence-electron chi connectivity index (χ4n) is 2.78. The molecule has 3 rings (SSSR count). The second-order valence-electron chi connectivity index (χ2n) is 6.48. The number of carbonyl (C=O) groups excluding carboxylic acids is 3. The number of para-hydroxylation sites is 1. The molecule has 4 N–H and O–H groups in total. The van der Waals surface area contributed by atoms with Crippen LogP contribution in [-0.4, -0.2) is 53.0 Å². The molecule has 0 saturated carbocycles. The van der Waals surface area contributed by atoms with Gasteiger partial charge in [-0.05, 0) is 24.3 Å². The van der Waals surface area contributed by atoms with Crippen LogP contribution in [0.2, 0.25) is 0 Å². The van der Waals surface area contributed by atoms with Crippen LogP contribution in [0, 0.1) is 0 Å². The van der Waals surface area contributed by atoms with Gasteiger partial charge in [0.15, 0.2) is 10.9 Å². The number of rotatable bonds is 7. The van der Waals surface area contributed by atoms with Gasteiger partial charge in [-0.3, -0.25) is 14.6 Å². The predicted molar refractivity (Wildman–Crippen MR) is 121 cm³/mol. The van der Waals surface area contributed by atoms with Gasteiger partial charge in [0, 0.05) is 11.3 Å². The summed E-state index contributed by atoms with van der Waals surface area (Å²) in [5.74, 6) is -2.02. The first-order chi connectivity index (χ1) is 15.8. The van der Waals surface area contributed by atoms with E-state index in [1.807, 2.05) is 0 Å². The van der Waals surface area contributed by atoms with E-state index in [-0.39, 0.29) is 33.4 Å². The first-order valence-corrected chi connectivity index (χ1v) is 10.4. The number of anilines is 2. The van der Waals surface area contributed by atoms with E-state index in [1.165, 1.54) is 32.4 Å². The molecule has 1 aromatic heterocycles. The first-order valence-electron chi connectivity index (χ1n) is 9.39. The summed E-state index contributed by atoms with van der Waals surface area (Å²) in [5, 5.41) is 10.5. The number of amides is 1. The minimum Gasteiger partial charge on any atom is -0.465 e. The second-order valence-corrected chi connectivity index (χ2v) is 7.44. The minimum atomic E-state index is -0.694. The lowest BCUT2D eigenvalue weighted by atomic mass is 10.1. The van der Waals surface area contributed by atoms with E-state index in [9.17, 15) is 19.2 Å². The van der Waals surface area contributed by atoms with Crippen molar-refractivity contribution in [3.05, 3.63) is 63.9 Å². The van der Waals surface area contributed by atoms with Crippen molar-refractivity contribution in [3.8, 4) is 11.3 Å². The molecule has 0 unspecified atom stereocenters. The van der Waals surface area contributed by atoms with E-state index in [0.717, 1.165) is 11.8 Å². The minimum absolute atomic E-state index is 0.0569. The van der Waals surface area contributed by atoms with Gasteiger partial charge < -0.3 is 20.5 Å². The lowest BCUT2D eigenvalue weighted by molar-refractivity contribution is -0.113. The molecule has 0 bridgehead atoms. The lowest BCUT2D eigenvalue weighted by Crippen LogP contribution is -2.19. The van der Waals surface area contributed by atoms with Crippen LogP contribution in [0.3, 0.4) is 0 Å². The zero-order chi connectivity index (χ0) is 24.0. The molecule has 1 amide bonds. The lowest BCUT2D eigenvalue weighted by Gasteiger charge is -2.11. The fraction of sp³-hybridized carbons (Fsp3) is 0.143. The number of aromatic amines is 1. The Kier molecular flexibility index (Phi) is 7.41. The van der Waals surface area contributed by atoms with Gasteiger partial charge >= 0.3 is 11.9 Å². The van der Waals surface area contributed by atoms with Crippen LogP contribution in [0.25, 0.3) is 11.3 Å². The predicted octanol–water partition coefficient (Wildman–Crippen LogP) is 1.72. The van der Waals surface area contributed by atoms with Crippen molar-refractivity contribution < 1.29 is 23.9 Å². The van der Waals surface area contributed by atoms with Gasteiger partial charge in [0.05, 0.1) is 36.8 Å². The maximum atomic E-state index is 12.5. The summed E-state index contributed by atoms with van der Waals surface area (Å²) in [7, 11) is 2.41. The molecule has 0 atom stereocenters. The molecule has 1 heterocycles. The van der Waals surface area contributed by atoms with Gasteiger partial charge in [0.1, 0.15) is 0 Å². The summed E-state index contributed by atoms with van der Waals surface area (Å²) in [5.41, 5.74) is 6.52. The SMILES string of the molecule is COC(=O)c1ccc(C(=O)OC)c(NC(=O)CSc2nnc(-c3ccccc3N)c(=O)[nH]2)c1. The number of hydrogen-bond donors (Lipinski definition) is 3. The van der Waals surface area contributed by atoms with E-state index in [4.69, 9.17) is 10.5 Å². The van der Waals surface area contributed by atoms with E-state index in [2.05, 4.69) is 25.2 Å². The highest BCUT2D eigenvalue weighted by Crippen LogP contribution is 2.22. The van der Waals surface area contributed by atoms with Crippen molar-refractivity contribution in [2.45, 2.75) is 5.16 Å². The van der Waals surface area contributed by atoms with Gasteiger partial charge in [0.25, 0.3) is 5.56 Å². The number of nitrogens with zero attached hydrogens (tertiary/aromatic N) is 2. The van der Waals surface area contributed by atoms with Crippen molar-refractivity contribution in [2.24, 2.45) is 0 Å². The summed E-state index contributed by atoms with van der Waals surface area (Å²) in [6.07, 6.45) is 0. The molecule has 2 aromatic carbocycles. The zero-order valence-corrected chi connectivity index (χ0v) is 18.4. The normalized spacial score (nSPS) is 10.4. The van der Waals surface area contributed by atoms with E-state index < -0.39 is 23.4 Å². The highest BCUT2D eigenvalue weighted by atomic mass is 32.2. The Labute approximate surface area is 191 Å². The van der Waals surface area contributed by atoms with E-state index >= 15 is 0 Å². The molecule has 12 heteroatoms. The van der Waals surface area contributed by atoms with Crippen LogP contribution in [0.4, 0.5) is 11.4 Å². The van der Waals surface area contributed by atoms with Crippen molar-refractivity contribution >= 4 is 41.0 Å². The summed E-state index contributed by atoms with van der Waals surface area (Å²) in [6.45, 7) is 0. The Balaban J connectivity index is 1.73. The van der Waals surface area contributed by atoms with Crippen molar-refractivity contribution in [1.82, 2.24) is 15.2 Å². The Morgan fingerprint density at radius 2 is 1.79 bits per heavy atom. The standard InChI is InChI=1S/C21H19N5O6S/c1-31-19(29)11-7-8-13(20(30)32-2)15(9-11)23-16(27)10-33-21-24-18(28)17(25-26-21)12-5-3-4-6-14(12)22/h3-9H,10,22H2,1-2H3,(H,23,27)(H,24,26,28). The zero-order valence-electron chi connectivity index (χ0n) is 17.6. The second kappa shape index (κ2) is 10.4. The maximum Gasteiger partial charge on any atom is 0.339 e. The topological polar surface area (TPSA) is 166 Å². The molecule has 33 heavy (non-hydrogen) atoms. The largest absolute Gasteiger partial charge is 0.465 e. The molecule has 0 aliphatic rings. The molecule has 0 saturated heterocycles. The summed E-state index contributed by atoms with van der Waals surface area (Å²) in [6, 6.07) is 10.8. The Morgan fingerprint density at radius 3 is 2.45 bits per heavy atom. The van der Waals surface area contributed by atoms with E-state index in [0.29, 0.717) is 11.3 Å². The molecule has 11 nitrogen and oxygen atoms in total. The number of nitrogens with two attached hydrogens (primary N) is 1. The van der Waals surface area contributed by atoms with Crippen LogP contribution in [0.1, 0.15) is 20.7 Å². The maximum absolute atomic E-state index is 12.5. The molecule has 0 radical (unpaired) electrons. The van der Waals surface area contributed by atoms with Crippen molar-refractivity contribution in [2.75, 3.05) is 31.0 Å². The molecular formula is C21H19N5O6S. The third-order valence-electron chi connectivity index (χ3n) is 4.35. The number of ether oxygens (including phenoxy) is 2. The van der Waals surface area contributed by atoms with E-state index in [1.54, 1.807) is 24.3 Å². The molecule has 0 aliphatic carbocycles. The molecule has 0 spiro atoms. The summed E-state index contributed by atoms with van der Waals surface area (Å²) >= 11 is 0.925. The average Bonchev–Trinajstić information content (AvgIpc) is 2.82. The van der Waals surface area contributed by atoms with Gasteiger partial charge in [-0.2, -0.15) is 0 Å². The monoisotopic (exact) mass is 469 g/mol. The number of nitrogen functional groups attached to an aromatic ring is 1. The number of benzene rings is 2. The van der Waals surface area contributed by atoms with Crippen LogP contribution in [0.15, 0.2) is 52.4 Å². The highest BCUT2D eigenvalue weighted by Gasteiger charge is 2.18. The number of methoxy groups -OCH3 is 2. The van der Waals surface area contributed by atoms with Crippen LogP contribution >= 0.6 is 11.8 Å². The third kappa shape index (κ3) is 5.54. The molecule has 0 aliphatic heterocycles. The number of H-pyrrole nitrogens is 1. The fourth-order valence-corrected chi connectivity index (χ4v) is 3.38. The first kappa shape index (κ1) is 23.5. The van der Waals surface area contributed by atoms with Crippen molar-refractivity contribution in [1.29, 1.82) is 0 Å². The Bertz CT molecular complexity index is 1280. The Morgan fingerprint density at radius 1 is 1.06 bits per heavy atom. The number of hydrogen-bond acceptors (Lipinski definition) is 10. The third-order valence-corrected chi connectivity index (χ3v) is 5.22. The van der Waals surface area contributed by atoms with Gasteiger partial charge in [-0.25, -0.2) is 9.59 Å². The molecule has 170 valence electrons. The highest BCUT2D eigenvalue weighted by molar-refractivity contribution is 7.99. The summed E-state index contributed by atoms with van der Waals surface area (Å²) < 4.78 is 9.36. The van der Waals surface area contributed by atoms with Crippen LogP contribution in [-0.2, 0) is 14.3 Å². The van der Waals surface area contributed by atoms with Gasteiger partial charge in [-0.15, -0.1) is 10.2 Å². The number of aromatic nitrogens is 3. The number of nitrogens with one attached hydrogen (secondary N) is 2. The van der Waals surface area contributed by atoms with Gasteiger partial charge in [0.2, 0.25) is 5.91 Å². The molecular weight excluding hydrogens is 450 g/mol. The summed E-state index contributed by atoms with van der Waals surface area (Å²) in [4.78, 5) is 51.2. The smallest absolute Gasteiger partial charge is 0.339 e. The molecule has 3 aromatic rings. The van der Waals surface area contributed by atoms with Crippen LogP contribution < -0.4 is 16.6 Å². The number of esters is 2. The Hall–Kier alpha value is -4.19. The average molecular weight is 469 g/mol. The van der Waals surface area contributed by atoms with Gasteiger partial charge in [-0.1, -0.05) is 30.0 Å². The number of thioether (sulfide) groups is 1. The number of carbonyl (C=O) groups is 3. The quantitative estimate of drug-likeness (QED) is 0.263.